The van der Waals surface area contributed by atoms with Gasteiger partial charge in [-0.1, -0.05) is 0 Å². The highest BCUT2D eigenvalue weighted by Crippen LogP contribution is 2.36. The molecule has 0 amide bonds. The normalized spacial score (nSPS) is 16.4. The number of anilines is 1. The number of rotatable bonds is 5. The van der Waals surface area contributed by atoms with Gasteiger partial charge < -0.3 is 19.9 Å². The fraction of sp³-hybridized carbons (Fsp3) is 0.333. The van der Waals surface area contributed by atoms with Crippen LogP contribution < -0.4 is 10.1 Å². The summed E-state index contributed by atoms with van der Waals surface area (Å²) in [7, 11) is -2.20. The molecule has 0 atom stereocenters. The van der Waals surface area contributed by atoms with Crippen molar-refractivity contribution in [1.82, 2.24) is 9.88 Å². The predicted molar refractivity (Wildman–Crippen MR) is 111 cm³/mol. The molecule has 11 heteroatoms. The fourth-order valence-electron chi connectivity index (χ4n) is 3.79. The zero-order valence-electron chi connectivity index (χ0n) is 17.0. The lowest BCUT2D eigenvalue weighted by molar-refractivity contribution is -0.274. The molecule has 0 aliphatic carbocycles. The summed E-state index contributed by atoms with van der Waals surface area (Å²) in [5.41, 5.74) is 0.357. The van der Waals surface area contributed by atoms with Crippen molar-refractivity contribution in [3.63, 3.8) is 0 Å². The van der Waals surface area contributed by atoms with E-state index in [0.29, 0.717) is 18.4 Å². The smallest absolute Gasteiger partial charge is 0.404 e. The Morgan fingerprint density at radius 1 is 1.12 bits per heavy atom. The van der Waals surface area contributed by atoms with Gasteiger partial charge in [-0.25, -0.2) is 12.8 Å². The summed E-state index contributed by atoms with van der Waals surface area (Å²) in [6.45, 7) is 1.51. The van der Waals surface area contributed by atoms with Crippen molar-refractivity contribution in [1.29, 1.82) is 0 Å². The molecule has 0 spiro atoms. The molecule has 2 aromatic carbocycles. The van der Waals surface area contributed by atoms with Gasteiger partial charge >= 0.3 is 6.36 Å². The van der Waals surface area contributed by atoms with Crippen molar-refractivity contribution >= 4 is 26.4 Å². The van der Waals surface area contributed by atoms with Gasteiger partial charge in [0.15, 0.2) is 5.75 Å². The van der Waals surface area contributed by atoms with E-state index in [1.54, 1.807) is 0 Å². The standard InChI is InChI=1S/C21H21F4N3O3S/c1-28-8-6-14(7-9-28)27-18-11-15(3-5-19(18)31-21(23,24)25)32(29,30)20-12-26-17-4-2-13(22)10-16(17)20/h2-5,10-12,14,26-27H,6-9H2,1H3. The van der Waals surface area contributed by atoms with Gasteiger partial charge in [-0.2, -0.15) is 0 Å². The minimum Gasteiger partial charge on any atom is -0.404 e. The van der Waals surface area contributed by atoms with E-state index in [1.165, 1.54) is 18.3 Å². The minimum atomic E-state index is -4.93. The van der Waals surface area contributed by atoms with Crippen LogP contribution in [0.1, 0.15) is 12.8 Å². The number of piperidine rings is 1. The van der Waals surface area contributed by atoms with Gasteiger partial charge in [-0.15, -0.1) is 13.2 Å². The van der Waals surface area contributed by atoms with Crippen LogP contribution in [0.3, 0.4) is 0 Å². The van der Waals surface area contributed by atoms with E-state index in [9.17, 15) is 26.0 Å². The lowest BCUT2D eigenvalue weighted by Gasteiger charge is -2.30. The summed E-state index contributed by atoms with van der Waals surface area (Å²) in [6, 6.07) is 6.73. The molecule has 0 radical (unpaired) electrons. The number of nitrogens with zero attached hydrogens (tertiary/aromatic N) is 1. The lowest BCUT2D eigenvalue weighted by atomic mass is 10.1. The molecule has 6 nitrogen and oxygen atoms in total. The Balaban J connectivity index is 1.74. The fourth-order valence-corrected chi connectivity index (χ4v) is 5.24. The summed E-state index contributed by atoms with van der Waals surface area (Å²) in [4.78, 5) is 4.48. The number of nitrogens with one attached hydrogen (secondary N) is 2. The molecule has 0 unspecified atom stereocenters. The van der Waals surface area contributed by atoms with Crippen LogP contribution in [0.4, 0.5) is 23.2 Å². The van der Waals surface area contributed by atoms with Crippen molar-refractivity contribution in [3.05, 3.63) is 48.4 Å². The Kier molecular flexibility index (Phi) is 5.80. The summed E-state index contributed by atoms with van der Waals surface area (Å²) in [5.74, 6) is -1.12. The third-order valence-corrected chi connectivity index (χ3v) is 7.25. The van der Waals surface area contributed by atoms with E-state index in [1.807, 2.05) is 7.05 Å². The maximum atomic E-state index is 13.7. The number of alkyl halides is 3. The van der Waals surface area contributed by atoms with Crippen LogP contribution in [0.2, 0.25) is 0 Å². The average Bonchev–Trinajstić information content (AvgIpc) is 3.13. The number of hydrogen-bond donors (Lipinski definition) is 2. The molecule has 2 heterocycles. The maximum absolute atomic E-state index is 13.7. The van der Waals surface area contributed by atoms with Gasteiger partial charge in [-0.05, 0) is 69.4 Å². The van der Waals surface area contributed by atoms with Gasteiger partial charge in [0.25, 0.3) is 0 Å². The number of fused-ring (bicyclic) bond motifs is 1. The molecule has 1 saturated heterocycles. The number of halogens is 4. The number of ether oxygens (including phenoxy) is 1. The predicted octanol–water partition coefficient (Wildman–Crippen LogP) is 4.54. The number of likely N-dealkylation sites (tertiary alicyclic amines) is 1. The van der Waals surface area contributed by atoms with Crippen LogP contribution in [-0.4, -0.2) is 50.8 Å². The number of hydrogen-bond acceptors (Lipinski definition) is 5. The molecule has 1 aliphatic heterocycles. The van der Waals surface area contributed by atoms with E-state index in [-0.39, 0.29) is 26.9 Å². The Morgan fingerprint density at radius 2 is 1.84 bits per heavy atom. The molecule has 3 aromatic rings. The molecule has 4 rings (SSSR count). The number of benzene rings is 2. The van der Waals surface area contributed by atoms with Crippen LogP contribution >= 0.6 is 0 Å². The summed E-state index contributed by atoms with van der Waals surface area (Å²) in [6.07, 6.45) is -2.33. The van der Waals surface area contributed by atoms with Crippen LogP contribution in [0.5, 0.6) is 5.75 Å². The van der Waals surface area contributed by atoms with Crippen molar-refractivity contribution in [2.45, 2.75) is 35.0 Å². The molecule has 32 heavy (non-hydrogen) atoms. The summed E-state index contributed by atoms with van der Waals surface area (Å²) >= 11 is 0. The van der Waals surface area contributed by atoms with Gasteiger partial charge in [0.1, 0.15) is 5.82 Å². The average molecular weight is 471 g/mol. The lowest BCUT2D eigenvalue weighted by Crippen LogP contribution is -2.36. The minimum absolute atomic E-state index is 0.0658. The van der Waals surface area contributed by atoms with Crippen molar-refractivity contribution < 1.29 is 30.7 Å². The first-order valence-electron chi connectivity index (χ1n) is 9.89. The molecule has 1 aliphatic rings. The first-order chi connectivity index (χ1) is 15.0. The molecular weight excluding hydrogens is 450 g/mol. The highest BCUT2D eigenvalue weighted by molar-refractivity contribution is 7.91. The van der Waals surface area contributed by atoms with Crippen LogP contribution in [0.15, 0.2) is 52.4 Å². The van der Waals surface area contributed by atoms with Gasteiger partial charge in [0.05, 0.1) is 15.5 Å². The second-order valence-electron chi connectivity index (χ2n) is 7.77. The Bertz CT molecular complexity index is 1230. The van der Waals surface area contributed by atoms with E-state index >= 15 is 0 Å². The van der Waals surface area contributed by atoms with E-state index < -0.39 is 27.8 Å². The Hall–Kier alpha value is -2.79. The second kappa shape index (κ2) is 8.28. The number of H-pyrrole nitrogens is 1. The van der Waals surface area contributed by atoms with Crippen LogP contribution in [-0.2, 0) is 9.84 Å². The third-order valence-electron chi connectivity index (χ3n) is 5.46. The SMILES string of the molecule is CN1CCC(Nc2cc(S(=O)(=O)c3c[nH]c4ccc(F)cc34)ccc2OC(F)(F)F)CC1. The monoisotopic (exact) mass is 471 g/mol. The maximum Gasteiger partial charge on any atom is 0.573 e. The van der Waals surface area contributed by atoms with Crippen LogP contribution in [0, 0.1) is 5.82 Å². The number of sulfone groups is 1. The molecule has 0 bridgehead atoms. The largest absolute Gasteiger partial charge is 0.573 e. The quantitative estimate of drug-likeness (QED) is 0.535. The van der Waals surface area contributed by atoms with Gasteiger partial charge in [-0.3, -0.25) is 0 Å². The van der Waals surface area contributed by atoms with E-state index in [2.05, 4.69) is 19.9 Å². The summed E-state index contributed by atoms with van der Waals surface area (Å²) in [5, 5.41) is 3.17. The number of aromatic amines is 1. The molecule has 2 N–H and O–H groups in total. The van der Waals surface area contributed by atoms with Gasteiger partial charge in [0, 0.05) is 23.1 Å². The zero-order valence-corrected chi connectivity index (χ0v) is 17.9. The Labute approximate surface area is 182 Å². The second-order valence-corrected chi connectivity index (χ2v) is 9.69. The highest BCUT2D eigenvalue weighted by atomic mass is 32.2. The molecule has 0 saturated carbocycles. The molecular formula is C21H21F4N3O3S. The number of aromatic nitrogens is 1. The highest BCUT2D eigenvalue weighted by Gasteiger charge is 2.33. The molecule has 172 valence electrons. The van der Waals surface area contributed by atoms with Crippen LogP contribution in [0.25, 0.3) is 10.9 Å². The first-order valence-corrected chi connectivity index (χ1v) is 11.4. The topological polar surface area (TPSA) is 74.4 Å². The molecule has 1 fully saturated rings. The van der Waals surface area contributed by atoms with E-state index in [0.717, 1.165) is 37.4 Å². The third kappa shape index (κ3) is 4.68. The van der Waals surface area contributed by atoms with Crippen molar-refractivity contribution in [3.8, 4) is 5.75 Å². The van der Waals surface area contributed by atoms with Crippen molar-refractivity contribution in [2.24, 2.45) is 0 Å². The zero-order chi connectivity index (χ0) is 23.1. The summed E-state index contributed by atoms with van der Waals surface area (Å²) < 4.78 is 83.1. The first kappa shape index (κ1) is 22.4. The van der Waals surface area contributed by atoms with E-state index in [4.69, 9.17) is 0 Å². The molecule has 1 aromatic heterocycles. The van der Waals surface area contributed by atoms with Gasteiger partial charge in [0.2, 0.25) is 9.84 Å². The Morgan fingerprint density at radius 3 is 2.53 bits per heavy atom. The van der Waals surface area contributed by atoms with Crippen molar-refractivity contribution in [2.75, 3.05) is 25.5 Å².